The number of ether oxygens (including phenoxy) is 2. The number of nitrogens with zero attached hydrogens (tertiary/aromatic N) is 1. The molecule has 0 aliphatic carbocycles. The summed E-state index contributed by atoms with van der Waals surface area (Å²) in [4.78, 5) is 31.7. The molecule has 1 heterocycles. The number of benzene rings is 2. The van der Waals surface area contributed by atoms with Gasteiger partial charge in [-0.05, 0) is 51.1 Å². The topological polar surface area (TPSA) is 81.3 Å². The largest absolute Gasteiger partial charge is 0.490 e. The second-order valence-corrected chi connectivity index (χ2v) is 6.03. The van der Waals surface area contributed by atoms with Gasteiger partial charge in [0.05, 0.1) is 34.7 Å². The lowest BCUT2D eigenvalue weighted by atomic mass is 10.1. The van der Waals surface area contributed by atoms with E-state index in [9.17, 15) is 9.59 Å². The Bertz CT molecular complexity index is 1010. The van der Waals surface area contributed by atoms with Gasteiger partial charge < -0.3 is 14.5 Å². The maximum Gasteiger partial charge on any atom is 0.338 e. The summed E-state index contributed by atoms with van der Waals surface area (Å²) in [7, 11) is 0. The zero-order valence-electron chi connectivity index (χ0n) is 14.9. The molecule has 0 bridgehead atoms. The van der Waals surface area contributed by atoms with Crippen molar-refractivity contribution in [3.05, 3.63) is 58.4 Å². The number of carbonyl (C=O) groups excluding carboxylic acids is 1. The lowest BCUT2D eigenvalue weighted by molar-refractivity contribution is 0.0526. The minimum absolute atomic E-state index is 0.00420. The first-order chi connectivity index (χ1) is 12.5. The number of fused-ring (bicyclic) bond motifs is 1. The maximum atomic E-state index is 12.6. The fourth-order valence-electron chi connectivity index (χ4n) is 2.63. The highest BCUT2D eigenvalue weighted by Crippen LogP contribution is 2.28. The molecule has 0 radical (unpaired) electrons. The van der Waals surface area contributed by atoms with Crippen LogP contribution in [0.15, 0.2) is 47.3 Å². The van der Waals surface area contributed by atoms with Gasteiger partial charge in [-0.2, -0.15) is 0 Å². The Morgan fingerprint density at radius 2 is 1.96 bits per heavy atom. The van der Waals surface area contributed by atoms with Crippen LogP contribution in [0.4, 0.5) is 0 Å². The molecule has 0 spiro atoms. The molecule has 26 heavy (non-hydrogen) atoms. The number of hydrogen-bond acceptors (Lipinski definition) is 5. The molecule has 1 aromatic heterocycles. The van der Waals surface area contributed by atoms with E-state index in [-0.39, 0.29) is 18.3 Å². The minimum atomic E-state index is -0.464. The lowest BCUT2D eigenvalue weighted by Gasteiger charge is -2.14. The van der Waals surface area contributed by atoms with Gasteiger partial charge in [0.15, 0.2) is 0 Å². The molecule has 134 valence electrons. The Balaban J connectivity index is 2.09. The summed E-state index contributed by atoms with van der Waals surface area (Å²) in [5.74, 6) is 0.601. The zero-order chi connectivity index (χ0) is 18.7. The third kappa shape index (κ3) is 3.59. The van der Waals surface area contributed by atoms with E-state index in [0.29, 0.717) is 33.6 Å². The van der Waals surface area contributed by atoms with Crippen molar-refractivity contribution in [3.63, 3.8) is 0 Å². The van der Waals surface area contributed by atoms with Gasteiger partial charge in [-0.15, -0.1) is 0 Å². The molecule has 0 atom stereocenters. The summed E-state index contributed by atoms with van der Waals surface area (Å²) in [6.07, 6.45) is -0.00420. The summed E-state index contributed by atoms with van der Waals surface area (Å²) in [6.45, 7) is 5.88. The monoisotopic (exact) mass is 352 g/mol. The highest BCUT2D eigenvalue weighted by molar-refractivity contribution is 5.94. The van der Waals surface area contributed by atoms with Crippen molar-refractivity contribution in [1.82, 2.24) is 9.97 Å². The van der Waals surface area contributed by atoms with Crippen LogP contribution in [0.5, 0.6) is 5.75 Å². The minimum Gasteiger partial charge on any atom is -0.490 e. The van der Waals surface area contributed by atoms with E-state index in [2.05, 4.69) is 9.97 Å². The van der Waals surface area contributed by atoms with E-state index in [0.717, 1.165) is 0 Å². The van der Waals surface area contributed by atoms with Crippen LogP contribution in [0, 0.1) is 0 Å². The molecule has 0 saturated heterocycles. The summed E-state index contributed by atoms with van der Waals surface area (Å²) < 4.78 is 10.8. The number of nitrogens with one attached hydrogen (secondary N) is 1. The van der Waals surface area contributed by atoms with Gasteiger partial charge in [0.25, 0.3) is 5.56 Å². The van der Waals surface area contributed by atoms with E-state index in [1.165, 1.54) is 6.07 Å². The molecule has 0 aliphatic rings. The molecule has 0 aliphatic heterocycles. The van der Waals surface area contributed by atoms with E-state index >= 15 is 0 Å². The highest BCUT2D eigenvalue weighted by atomic mass is 16.5. The van der Waals surface area contributed by atoms with Gasteiger partial charge in [0.1, 0.15) is 11.6 Å². The number of hydrogen-bond donors (Lipinski definition) is 1. The average molecular weight is 352 g/mol. The van der Waals surface area contributed by atoms with Crippen molar-refractivity contribution in [2.24, 2.45) is 0 Å². The normalized spacial score (nSPS) is 10.9. The van der Waals surface area contributed by atoms with E-state index in [4.69, 9.17) is 9.47 Å². The Kier molecular flexibility index (Phi) is 5.02. The number of H-pyrrole nitrogens is 1. The summed E-state index contributed by atoms with van der Waals surface area (Å²) >= 11 is 0. The second kappa shape index (κ2) is 7.39. The van der Waals surface area contributed by atoms with Crippen molar-refractivity contribution < 1.29 is 14.3 Å². The highest BCUT2D eigenvalue weighted by Gasteiger charge is 2.14. The standard InChI is InChI=1S/C20H20N2O4/c1-4-25-20(24)13-9-10-16-15(11-13)19(23)22-18(21-16)14-7-5-6-8-17(14)26-12(2)3/h5-12H,4H2,1-3H3,(H,21,22,23). The zero-order valence-corrected chi connectivity index (χ0v) is 14.9. The Morgan fingerprint density at radius 1 is 1.19 bits per heavy atom. The van der Waals surface area contributed by atoms with E-state index in [1.54, 1.807) is 19.1 Å². The fraction of sp³-hybridized carbons (Fsp3) is 0.250. The SMILES string of the molecule is CCOC(=O)c1ccc2nc(-c3ccccc3OC(C)C)[nH]c(=O)c2c1. The molecule has 2 aromatic carbocycles. The molecule has 1 N–H and O–H groups in total. The Hall–Kier alpha value is -3.15. The molecule has 0 amide bonds. The number of aromatic nitrogens is 2. The first-order valence-electron chi connectivity index (χ1n) is 8.47. The third-order valence-corrected chi connectivity index (χ3v) is 3.72. The third-order valence-electron chi connectivity index (χ3n) is 3.72. The van der Waals surface area contributed by atoms with Crippen LogP contribution >= 0.6 is 0 Å². The van der Waals surface area contributed by atoms with Crippen molar-refractivity contribution in [2.45, 2.75) is 26.9 Å². The van der Waals surface area contributed by atoms with Crippen LogP contribution in [0.1, 0.15) is 31.1 Å². The van der Waals surface area contributed by atoms with Gasteiger partial charge in [0.2, 0.25) is 0 Å². The predicted octanol–water partition coefficient (Wildman–Crippen LogP) is 3.55. The first kappa shape index (κ1) is 17.7. The molecule has 3 rings (SSSR count). The fourth-order valence-corrected chi connectivity index (χ4v) is 2.63. The molecule has 3 aromatic rings. The van der Waals surface area contributed by atoms with Gasteiger partial charge in [-0.1, -0.05) is 12.1 Å². The first-order valence-corrected chi connectivity index (χ1v) is 8.47. The number of esters is 1. The smallest absolute Gasteiger partial charge is 0.338 e. The van der Waals surface area contributed by atoms with Crippen molar-refractivity contribution >= 4 is 16.9 Å². The summed E-state index contributed by atoms with van der Waals surface area (Å²) in [6, 6.07) is 12.2. The molecule has 6 nitrogen and oxygen atoms in total. The predicted molar refractivity (Wildman–Crippen MR) is 99.5 cm³/mol. The molecule has 6 heteroatoms. The quantitative estimate of drug-likeness (QED) is 0.710. The molecular weight excluding hydrogens is 332 g/mol. The van der Waals surface area contributed by atoms with E-state index < -0.39 is 5.97 Å². The van der Waals surface area contributed by atoms with Crippen LogP contribution in [0.3, 0.4) is 0 Å². The lowest BCUT2D eigenvalue weighted by Crippen LogP contribution is -2.13. The Labute approximate surface area is 150 Å². The number of carbonyl (C=O) groups is 1. The van der Waals surface area contributed by atoms with Gasteiger partial charge in [-0.25, -0.2) is 9.78 Å². The summed E-state index contributed by atoms with van der Waals surface area (Å²) in [5.41, 5.74) is 1.20. The van der Waals surface area contributed by atoms with E-state index in [1.807, 2.05) is 38.1 Å². The van der Waals surface area contributed by atoms with Crippen LogP contribution < -0.4 is 10.3 Å². The van der Waals surface area contributed by atoms with Crippen LogP contribution in [-0.4, -0.2) is 28.6 Å². The van der Waals surface area contributed by atoms with Crippen molar-refractivity contribution in [3.8, 4) is 17.1 Å². The van der Waals surface area contributed by atoms with Crippen LogP contribution in [0.2, 0.25) is 0 Å². The van der Waals surface area contributed by atoms with Crippen LogP contribution in [0.25, 0.3) is 22.3 Å². The van der Waals surface area contributed by atoms with Crippen molar-refractivity contribution in [1.29, 1.82) is 0 Å². The van der Waals surface area contributed by atoms with Gasteiger partial charge >= 0.3 is 5.97 Å². The van der Waals surface area contributed by atoms with Crippen molar-refractivity contribution in [2.75, 3.05) is 6.61 Å². The number of aromatic amines is 1. The molecule has 0 unspecified atom stereocenters. The molecule has 0 saturated carbocycles. The maximum absolute atomic E-state index is 12.6. The average Bonchev–Trinajstić information content (AvgIpc) is 2.61. The van der Waals surface area contributed by atoms with Gasteiger partial charge in [0, 0.05) is 0 Å². The number of rotatable bonds is 5. The number of para-hydroxylation sites is 1. The summed E-state index contributed by atoms with van der Waals surface area (Å²) in [5, 5.41) is 0.335. The van der Waals surface area contributed by atoms with Gasteiger partial charge in [-0.3, -0.25) is 4.79 Å². The molecular formula is C20H20N2O4. The van der Waals surface area contributed by atoms with Crippen LogP contribution in [-0.2, 0) is 4.74 Å². The second-order valence-electron chi connectivity index (χ2n) is 6.03. The molecule has 0 fully saturated rings. The Morgan fingerprint density at radius 3 is 2.69 bits per heavy atom.